The summed E-state index contributed by atoms with van der Waals surface area (Å²) < 4.78 is 4.03. The average Bonchev–Trinajstić information content (AvgIpc) is 2.79. The van der Waals surface area contributed by atoms with Crippen molar-refractivity contribution < 1.29 is 0 Å². The lowest BCUT2D eigenvalue weighted by atomic mass is 10.4. The summed E-state index contributed by atoms with van der Waals surface area (Å²) in [5.41, 5.74) is -2.03. The maximum absolute atomic E-state index is 12.5. The molecule has 0 aliphatic rings. The highest BCUT2D eigenvalue weighted by Gasteiger charge is 2.22. The van der Waals surface area contributed by atoms with Crippen LogP contribution in [0.4, 0.5) is 0 Å². The van der Waals surface area contributed by atoms with E-state index in [9.17, 15) is 14.4 Å². The zero-order valence-electron chi connectivity index (χ0n) is 12.4. The summed E-state index contributed by atoms with van der Waals surface area (Å²) in [6.07, 6.45) is 5.94. The third-order valence-electron chi connectivity index (χ3n) is 3.32. The quantitative estimate of drug-likeness (QED) is 0.702. The van der Waals surface area contributed by atoms with Crippen molar-refractivity contribution in [2.24, 2.45) is 0 Å². The standard InChI is InChI=1S/C15H15N5O3/c1-4-7-17-11-12(18(8-5-2)14(17)22)19(9-6-3)15(23)20(10-16)13(11)21/h4-6H,1-3,7-9H2. The van der Waals surface area contributed by atoms with Gasteiger partial charge in [-0.05, 0) is 0 Å². The van der Waals surface area contributed by atoms with Crippen molar-refractivity contribution in [2.75, 3.05) is 0 Å². The molecule has 0 saturated heterocycles. The molecule has 0 fully saturated rings. The predicted octanol–water partition coefficient (Wildman–Crippen LogP) is 0.0136. The normalized spacial score (nSPS) is 10.4. The first-order chi connectivity index (χ1) is 11.0. The van der Waals surface area contributed by atoms with Gasteiger partial charge in [-0.15, -0.1) is 19.7 Å². The van der Waals surface area contributed by atoms with Crippen molar-refractivity contribution in [3.63, 3.8) is 0 Å². The fourth-order valence-corrected chi connectivity index (χ4v) is 2.44. The van der Waals surface area contributed by atoms with Gasteiger partial charge in [-0.2, -0.15) is 9.83 Å². The number of allylic oxidation sites excluding steroid dienone is 3. The van der Waals surface area contributed by atoms with Gasteiger partial charge in [0.05, 0.1) is 0 Å². The van der Waals surface area contributed by atoms with Gasteiger partial charge >= 0.3 is 11.4 Å². The summed E-state index contributed by atoms with van der Waals surface area (Å²) in [7, 11) is 0. The van der Waals surface area contributed by atoms with E-state index in [1.807, 2.05) is 0 Å². The van der Waals surface area contributed by atoms with Crippen molar-refractivity contribution >= 4 is 11.2 Å². The third kappa shape index (κ3) is 2.28. The van der Waals surface area contributed by atoms with Crippen molar-refractivity contribution in [1.29, 1.82) is 5.26 Å². The molecular formula is C15H15N5O3. The highest BCUT2D eigenvalue weighted by molar-refractivity contribution is 5.71. The lowest BCUT2D eigenvalue weighted by Crippen LogP contribution is -2.39. The van der Waals surface area contributed by atoms with E-state index in [-0.39, 0.29) is 30.8 Å². The molecule has 2 aromatic heterocycles. The maximum Gasteiger partial charge on any atom is 0.346 e. The first-order valence-corrected chi connectivity index (χ1v) is 6.75. The van der Waals surface area contributed by atoms with Crippen LogP contribution >= 0.6 is 0 Å². The van der Waals surface area contributed by atoms with Crippen molar-refractivity contribution in [1.82, 2.24) is 18.3 Å². The first kappa shape index (κ1) is 16.0. The Balaban J connectivity index is 3.22. The minimum atomic E-state index is -0.838. The van der Waals surface area contributed by atoms with Gasteiger partial charge < -0.3 is 0 Å². The van der Waals surface area contributed by atoms with E-state index in [0.717, 1.165) is 4.57 Å². The molecule has 2 aromatic rings. The molecule has 0 amide bonds. The van der Waals surface area contributed by atoms with Crippen LogP contribution in [0, 0.1) is 11.5 Å². The van der Waals surface area contributed by atoms with Gasteiger partial charge in [0.15, 0.2) is 17.4 Å². The lowest BCUT2D eigenvalue weighted by molar-refractivity contribution is 0.683. The molecule has 0 aromatic carbocycles. The number of rotatable bonds is 6. The monoisotopic (exact) mass is 313 g/mol. The van der Waals surface area contributed by atoms with E-state index in [4.69, 9.17) is 5.26 Å². The first-order valence-electron chi connectivity index (χ1n) is 6.75. The highest BCUT2D eigenvalue weighted by atomic mass is 16.2. The van der Waals surface area contributed by atoms with Gasteiger partial charge in [-0.3, -0.25) is 18.5 Å². The van der Waals surface area contributed by atoms with Gasteiger partial charge in [0.25, 0.3) is 5.56 Å². The molecule has 2 rings (SSSR count). The van der Waals surface area contributed by atoms with Crippen LogP contribution in [0.3, 0.4) is 0 Å². The average molecular weight is 313 g/mol. The Hall–Kier alpha value is -3.34. The fourth-order valence-electron chi connectivity index (χ4n) is 2.44. The van der Waals surface area contributed by atoms with Gasteiger partial charge in [-0.1, -0.05) is 18.2 Å². The molecular weight excluding hydrogens is 298 g/mol. The number of aromatic nitrogens is 4. The molecule has 0 aliphatic carbocycles. The van der Waals surface area contributed by atoms with Crippen LogP contribution in [-0.2, 0) is 19.6 Å². The predicted molar refractivity (Wildman–Crippen MR) is 86.3 cm³/mol. The van der Waals surface area contributed by atoms with E-state index >= 15 is 0 Å². The topological polar surface area (TPSA) is 94.7 Å². The van der Waals surface area contributed by atoms with Crippen LogP contribution in [0.1, 0.15) is 0 Å². The highest BCUT2D eigenvalue weighted by Crippen LogP contribution is 2.08. The largest absolute Gasteiger partial charge is 0.346 e. The fraction of sp³-hybridized carbons (Fsp3) is 0.200. The number of fused-ring (bicyclic) bond motifs is 1. The summed E-state index contributed by atoms with van der Waals surface area (Å²) in [5.74, 6) is 0. The third-order valence-corrected chi connectivity index (χ3v) is 3.32. The Labute approximate surface area is 130 Å². The van der Waals surface area contributed by atoms with Crippen LogP contribution in [-0.4, -0.2) is 18.3 Å². The minimum absolute atomic E-state index is 0.0280. The second kappa shape index (κ2) is 6.19. The molecule has 0 radical (unpaired) electrons. The molecule has 2 heterocycles. The van der Waals surface area contributed by atoms with Crippen molar-refractivity contribution in [3.8, 4) is 6.19 Å². The molecule has 0 N–H and O–H groups in total. The summed E-state index contributed by atoms with van der Waals surface area (Å²) in [5, 5.41) is 9.09. The zero-order chi connectivity index (χ0) is 17.1. The van der Waals surface area contributed by atoms with Crippen molar-refractivity contribution in [3.05, 3.63) is 69.3 Å². The van der Waals surface area contributed by atoms with Crippen LogP contribution < -0.4 is 16.9 Å². The van der Waals surface area contributed by atoms with Gasteiger partial charge in [-0.25, -0.2) is 9.59 Å². The Morgan fingerprint density at radius 3 is 1.83 bits per heavy atom. The number of nitriles is 1. The molecule has 0 spiro atoms. The molecule has 0 atom stereocenters. The summed E-state index contributed by atoms with van der Waals surface area (Å²) in [6, 6.07) is 0. The smallest absolute Gasteiger partial charge is 0.282 e. The SMILES string of the molecule is C=CCn1c(=O)n(CC=C)c2c1c(=O)n(C#N)c(=O)n2CC=C. The van der Waals surface area contributed by atoms with Crippen LogP contribution in [0.25, 0.3) is 11.2 Å². The molecule has 8 heteroatoms. The second-order valence-corrected chi connectivity index (χ2v) is 4.68. The molecule has 0 bridgehead atoms. The molecule has 0 saturated carbocycles. The summed E-state index contributed by atoms with van der Waals surface area (Å²) >= 11 is 0. The minimum Gasteiger partial charge on any atom is -0.282 e. The molecule has 23 heavy (non-hydrogen) atoms. The van der Waals surface area contributed by atoms with Crippen molar-refractivity contribution in [2.45, 2.75) is 19.6 Å². The van der Waals surface area contributed by atoms with Gasteiger partial charge in [0, 0.05) is 19.6 Å². The molecule has 8 nitrogen and oxygen atoms in total. The van der Waals surface area contributed by atoms with E-state index in [2.05, 4.69) is 19.7 Å². The van der Waals surface area contributed by atoms with E-state index in [1.54, 1.807) is 6.19 Å². The Bertz CT molecular complexity index is 1020. The van der Waals surface area contributed by atoms with Gasteiger partial charge in [0.2, 0.25) is 0 Å². The molecule has 0 aliphatic heterocycles. The molecule has 118 valence electrons. The number of nitrogens with zero attached hydrogens (tertiary/aromatic N) is 5. The van der Waals surface area contributed by atoms with Crippen LogP contribution in [0.2, 0.25) is 0 Å². The second-order valence-electron chi connectivity index (χ2n) is 4.68. The van der Waals surface area contributed by atoms with Crippen LogP contribution in [0.15, 0.2) is 52.3 Å². The Kier molecular flexibility index (Phi) is 4.32. The Morgan fingerprint density at radius 2 is 1.35 bits per heavy atom. The molecule has 0 unspecified atom stereocenters. The summed E-state index contributed by atoms with van der Waals surface area (Å²) in [6.45, 7) is 10.9. The van der Waals surface area contributed by atoms with Gasteiger partial charge in [0.1, 0.15) is 0 Å². The maximum atomic E-state index is 12.5. The lowest BCUT2D eigenvalue weighted by Gasteiger charge is -2.08. The Morgan fingerprint density at radius 1 is 0.870 bits per heavy atom. The van der Waals surface area contributed by atoms with E-state index in [1.165, 1.54) is 27.4 Å². The van der Waals surface area contributed by atoms with Crippen LogP contribution in [0.5, 0.6) is 0 Å². The van der Waals surface area contributed by atoms with E-state index in [0.29, 0.717) is 4.57 Å². The summed E-state index contributed by atoms with van der Waals surface area (Å²) in [4.78, 5) is 37.4. The number of hydrogen-bond donors (Lipinski definition) is 0. The number of imidazole rings is 1. The zero-order valence-corrected chi connectivity index (χ0v) is 12.4. The van der Waals surface area contributed by atoms with E-state index < -0.39 is 16.9 Å². The number of hydrogen-bond acceptors (Lipinski definition) is 4.